The number of likely N-dealkylation sites (N-methyl/N-ethyl adjacent to an activating group) is 1. The molecule has 0 aromatic rings. The molecule has 18 heavy (non-hydrogen) atoms. The first kappa shape index (κ1) is 16.4. The van der Waals surface area contributed by atoms with Crippen molar-refractivity contribution in [2.75, 3.05) is 39.3 Å². The Labute approximate surface area is 108 Å². The highest BCUT2D eigenvalue weighted by atomic mass is 16.6. The van der Waals surface area contributed by atoms with Gasteiger partial charge in [-0.25, -0.2) is 4.79 Å². The van der Waals surface area contributed by atoms with Crippen molar-refractivity contribution in [1.82, 2.24) is 9.80 Å². The Morgan fingerprint density at radius 2 is 1.89 bits per heavy atom. The van der Waals surface area contributed by atoms with Crippen molar-refractivity contribution in [3.8, 4) is 0 Å². The quantitative estimate of drug-likeness (QED) is 0.626. The number of aliphatic carboxylic acids is 1. The predicted molar refractivity (Wildman–Crippen MR) is 68.5 cm³/mol. The van der Waals surface area contributed by atoms with Gasteiger partial charge in [0.1, 0.15) is 13.2 Å². The van der Waals surface area contributed by atoms with E-state index in [4.69, 9.17) is 9.84 Å². The van der Waals surface area contributed by atoms with Crippen LogP contribution >= 0.6 is 0 Å². The van der Waals surface area contributed by atoms with E-state index in [1.54, 1.807) is 0 Å². The third kappa shape index (κ3) is 6.90. The molecule has 0 atom stereocenters. The van der Waals surface area contributed by atoms with Gasteiger partial charge in [-0.3, -0.25) is 9.69 Å². The largest absolute Gasteiger partial charge is 0.480 e. The Morgan fingerprint density at radius 3 is 2.33 bits per heavy atom. The van der Waals surface area contributed by atoms with E-state index >= 15 is 0 Å². The molecule has 0 aliphatic heterocycles. The van der Waals surface area contributed by atoms with Gasteiger partial charge in [0.25, 0.3) is 0 Å². The van der Waals surface area contributed by atoms with Gasteiger partial charge in [0.05, 0.1) is 0 Å². The molecule has 0 fully saturated rings. The normalized spacial score (nSPS) is 10.2. The lowest BCUT2D eigenvalue weighted by Gasteiger charge is -2.24. The van der Waals surface area contributed by atoms with Gasteiger partial charge in [0, 0.05) is 13.1 Å². The lowest BCUT2D eigenvalue weighted by Crippen LogP contribution is -2.41. The second kappa shape index (κ2) is 9.47. The zero-order valence-electron chi connectivity index (χ0n) is 11.1. The van der Waals surface area contributed by atoms with Crippen LogP contribution in [-0.4, -0.2) is 66.3 Å². The third-order valence-corrected chi connectivity index (χ3v) is 2.49. The lowest BCUT2D eigenvalue weighted by atomic mass is 10.4. The molecule has 0 aromatic heterocycles. The molecule has 0 heterocycles. The molecule has 6 nitrogen and oxygen atoms in total. The molecule has 0 saturated heterocycles. The van der Waals surface area contributed by atoms with Crippen molar-refractivity contribution >= 4 is 12.1 Å². The summed E-state index contributed by atoms with van der Waals surface area (Å²) in [7, 11) is 0. The Bertz CT molecular complexity index is 277. The van der Waals surface area contributed by atoms with Gasteiger partial charge in [-0.05, 0) is 13.1 Å². The number of hydrogen-bond donors (Lipinski definition) is 1. The first-order valence-corrected chi connectivity index (χ1v) is 6.01. The fourth-order valence-electron chi connectivity index (χ4n) is 1.42. The van der Waals surface area contributed by atoms with Gasteiger partial charge < -0.3 is 14.7 Å². The maximum Gasteiger partial charge on any atom is 0.410 e. The van der Waals surface area contributed by atoms with Crippen LogP contribution < -0.4 is 0 Å². The fourth-order valence-corrected chi connectivity index (χ4v) is 1.42. The molecular formula is C12H22N2O4. The van der Waals surface area contributed by atoms with Crippen molar-refractivity contribution in [3.63, 3.8) is 0 Å². The third-order valence-electron chi connectivity index (χ3n) is 2.49. The molecule has 0 bridgehead atoms. The van der Waals surface area contributed by atoms with E-state index in [1.807, 2.05) is 13.8 Å². The monoisotopic (exact) mass is 258 g/mol. The summed E-state index contributed by atoms with van der Waals surface area (Å²) in [6.07, 6.45) is 0.825. The van der Waals surface area contributed by atoms with Gasteiger partial charge in [0.2, 0.25) is 0 Å². The summed E-state index contributed by atoms with van der Waals surface area (Å²) < 4.78 is 4.84. The second-order valence-corrected chi connectivity index (χ2v) is 3.71. The number of hydrogen-bond acceptors (Lipinski definition) is 4. The van der Waals surface area contributed by atoms with Crippen LogP contribution in [-0.2, 0) is 9.53 Å². The van der Waals surface area contributed by atoms with E-state index in [0.717, 1.165) is 13.1 Å². The topological polar surface area (TPSA) is 70.1 Å². The van der Waals surface area contributed by atoms with Crippen LogP contribution in [0.5, 0.6) is 0 Å². The van der Waals surface area contributed by atoms with E-state index in [-0.39, 0.29) is 13.2 Å². The highest BCUT2D eigenvalue weighted by Gasteiger charge is 2.18. The summed E-state index contributed by atoms with van der Waals surface area (Å²) in [5, 5.41) is 8.75. The summed E-state index contributed by atoms with van der Waals surface area (Å²) in [6, 6.07) is 0. The molecule has 0 rings (SSSR count). The molecule has 0 unspecified atom stereocenters. The highest BCUT2D eigenvalue weighted by Crippen LogP contribution is 1.97. The average Bonchev–Trinajstić information content (AvgIpc) is 2.35. The van der Waals surface area contributed by atoms with E-state index < -0.39 is 12.1 Å². The molecule has 0 aromatic carbocycles. The first-order valence-electron chi connectivity index (χ1n) is 6.01. The Hall–Kier alpha value is -1.56. The fraction of sp³-hybridized carbons (Fsp3) is 0.667. The Morgan fingerprint density at radius 1 is 1.28 bits per heavy atom. The minimum Gasteiger partial charge on any atom is -0.480 e. The number of ether oxygens (including phenoxy) is 1. The van der Waals surface area contributed by atoms with Gasteiger partial charge in [0.15, 0.2) is 0 Å². The van der Waals surface area contributed by atoms with Gasteiger partial charge in [-0.15, -0.1) is 0 Å². The smallest absolute Gasteiger partial charge is 0.410 e. The van der Waals surface area contributed by atoms with Crippen molar-refractivity contribution in [1.29, 1.82) is 0 Å². The SMILES string of the molecule is C=CCOC(=O)N(CCN(CC)CC)CC(=O)O. The van der Waals surface area contributed by atoms with Crippen LogP contribution in [0.1, 0.15) is 13.8 Å². The van der Waals surface area contributed by atoms with Crippen molar-refractivity contribution in [2.45, 2.75) is 13.8 Å². The number of carbonyl (C=O) groups excluding carboxylic acids is 1. The predicted octanol–water partition coefficient (Wildman–Crippen LogP) is 1.04. The number of carbonyl (C=O) groups is 2. The van der Waals surface area contributed by atoms with Crippen LogP contribution in [0.4, 0.5) is 4.79 Å². The lowest BCUT2D eigenvalue weighted by molar-refractivity contribution is -0.138. The number of amides is 1. The Balaban J connectivity index is 4.33. The standard InChI is InChI=1S/C12H22N2O4/c1-4-9-18-12(17)14(10-11(15)16)8-7-13(5-2)6-3/h4H,1,5-10H2,2-3H3,(H,15,16). The molecule has 104 valence electrons. The van der Waals surface area contributed by atoms with E-state index in [0.29, 0.717) is 13.1 Å². The molecule has 0 spiro atoms. The number of carboxylic acids is 1. The first-order chi connectivity index (χ1) is 8.54. The summed E-state index contributed by atoms with van der Waals surface area (Å²) in [5.74, 6) is -1.05. The van der Waals surface area contributed by atoms with Gasteiger partial charge >= 0.3 is 12.1 Å². The van der Waals surface area contributed by atoms with Gasteiger partial charge in [-0.2, -0.15) is 0 Å². The van der Waals surface area contributed by atoms with Crippen LogP contribution in [0.2, 0.25) is 0 Å². The summed E-state index contributed by atoms with van der Waals surface area (Å²) >= 11 is 0. The van der Waals surface area contributed by atoms with Crippen LogP contribution in [0.15, 0.2) is 12.7 Å². The molecular weight excluding hydrogens is 236 g/mol. The van der Waals surface area contributed by atoms with Crippen LogP contribution in [0.3, 0.4) is 0 Å². The Kier molecular flexibility index (Phi) is 8.65. The van der Waals surface area contributed by atoms with Crippen LogP contribution in [0, 0.1) is 0 Å². The molecule has 0 aliphatic carbocycles. The minimum absolute atomic E-state index is 0.0836. The number of nitrogens with zero attached hydrogens (tertiary/aromatic N) is 2. The summed E-state index contributed by atoms with van der Waals surface area (Å²) in [6.45, 7) is 9.88. The number of carboxylic acid groups (broad SMARTS) is 1. The molecule has 0 saturated carbocycles. The maximum atomic E-state index is 11.6. The number of rotatable bonds is 9. The molecule has 0 radical (unpaired) electrons. The molecule has 1 N–H and O–H groups in total. The van der Waals surface area contributed by atoms with Crippen molar-refractivity contribution < 1.29 is 19.4 Å². The summed E-state index contributed by atoms with van der Waals surface area (Å²) in [5.41, 5.74) is 0. The molecule has 1 amide bonds. The zero-order chi connectivity index (χ0) is 14.0. The van der Waals surface area contributed by atoms with E-state index in [1.165, 1.54) is 11.0 Å². The van der Waals surface area contributed by atoms with Gasteiger partial charge in [-0.1, -0.05) is 26.5 Å². The molecule has 0 aliphatic rings. The second-order valence-electron chi connectivity index (χ2n) is 3.71. The minimum atomic E-state index is -1.05. The summed E-state index contributed by atoms with van der Waals surface area (Å²) in [4.78, 5) is 25.6. The van der Waals surface area contributed by atoms with Crippen molar-refractivity contribution in [3.05, 3.63) is 12.7 Å². The van der Waals surface area contributed by atoms with E-state index in [9.17, 15) is 9.59 Å². The molecule has 6 heteroatoms. The maximum absolute atomic E-state index is 11.6. The highest BCUT2D eigenvalue weighted by molar-refractivity contribution is 5.76. The average molecular weight is 258 g/mol. The van der Waals surface area contributed by atoms with E-state index in [2.05, 4.69) is 11.5 Å². The van der Waals surface area contributed by atoms with Crippen LogP contribution in [0.25, 0.3) is 0 Å². The zero-order valence-corrected chi connectivity index (χ0v) is 11.1. The van der Waals surface area contributed by atoms with Crippen molar-refractivity contribution in [2.24, 2.45) is 0 Å².